The first-order valence-electron chi connectivity index (χ1n) is 5.96. The van der Waals surface area contributed by atoms with Crippen molar-refractivity contribution in [2.75, 3.05) is 13.6 Å². The molecule has 3 heteroatoms. The summed E-state index contributed by atoms with van der Waals surface area (Å²) in [6.07, 6.45) is 1.30. The Bertz CT molecular complexity index is 450. The van der Waals surface area contributed by atoms with Crippen molar-refractivity contribution in [3.05, 3.63) is 35.1 Å². The lowest BCUT2D eigenvalue weighted by Crippen LogP contribution is -2.21. The first-order valence-corrected chi connectivity index (χ1v) is 5.96. The van der Waals surface area contributed by atoms with Gasteiger partial charge in [0, 0.05) is 13.1 Å². The van der Waals surface area contributed by atoms with Crippen LogP contribution < -0.4 is 0 Å². The Morgan fingerprint density at radius 2 is 2.18 bits per heavy atom. The van der Waals surface area contributed by atoms with E-state index in [1.807, 2.05) is 13.1 Å². The van der Waals surface area contributed by atoms with Crippen molar-refractivity contribution < 1.29 is 4.39 Å². The molecule has 90 valence electrons. The number of nitrogens with zero attached hydrogens (tertiary/aromatic N) is 2. The number of rotatable bonds is 4. The average Bonchev–Trinajstić information content (AvgIpc) is 2.92. The van der Waals surface area contributed by atoms with Crippen LogP contribution in [0.25, 0.3) is 0 Å². The smallest absolute Gasteiger partial charge is 0.124 e. The summed E-state index contributed by atoms with van der Waals surface area (Å²) in [5, 5.41) is 8.78. The summed E-state index contributed by atoms with van der Waals surface area (Å²) in [5.74, 6) is 1.30. The first-order chi connectivity index (χ1) is 8.08. The Kier molecular flexibility index (Phi) is 3.44. The summed E-state index contributed by atoms with van der Waals surface area (Å²) >= 11 is 0. The van der Waals surface area contributed by atoms with Gasteiger partial charge in [-0.15, -0.1) is 0 Å². The van der Waals surface area contributed by atoms with E-state index in [4.69, 9.17) is 5.26 Å². The topological polar surface area (TPSA) is 27.0 Å². The fourth-order valence-electron chi connectivity index (χ4n) is 2.24. The molecule has 0 heterocycles. The lowest BCUT2D eigenvalue weighted by Gasteiger charge is -2.16. The van der Waals surface area contributed by atoms with Gasteiger partial charge in [-0.1, -0.05) is 6.92 Å². The summed E-state index contributed by atoms with van der Waals surface area (Å²) in [4.78, 5) is 2.20. The molecule has 1 aromatic carbocycles. The molecular formula is C14H17FN2. The van der Waals surface area contributed by atoms with Gasteiger partial charge in [0.1, 0.15) is 5.82 Å². The van der Waals surface area contributed by atoms with Crippen LogP contribution in [0.2, 0.25) is 0 Å². The molecule has 0 spiro atoms. The summed E-state index contributed by atoms with van der Waals surface area (Å²) in [6, 6.07) is 6.52. The molecule has 2 unspecified atom stereocenters. The minimum Gasteiger partial charge on any atom is -0.302 e. The van der Waals surface area contributed by atoms with Crippen LogP contribution in [0.5, 0.6) is 0 Å². The SMILES string of the molecule is CC1CC1CN(C)Cc1cc(F)cc(C#N)c1. The maximum Gasteiger partial charge on any atom is 0.124 e. The summed E-state index contributed by atoms with van der Waals surface area (Å²) in [6.45, 7) is 4.02. The maximum atomic E-state index is 13.2. The molecule has 1 fully saturated rings. The quantitative estimate of drug-likeness (QED) is 0.798. The van der Waals surface area contributed by atoms with E-state index in [1.165, 1.54) is 18.6 Å². The third-order valence-electron chi connectivity index (χ3n) is 3.36. The van der Waals surface area contributed by atoms with Crippen LogP contribution in [0.4, 0.5) is 4.39 Å². The van der Waals surface area contributed by atoms with Gasteiger partial charge < -0.3 is 4.90 Å². The molecule has 2 atom stereocenters. The molecule has 2 nitrogen and oxygen atoms in total. The lowest BCUT2D eigenvalue weighted by molar-refractivity contribution is 0.307. The normalized spacial score (nSPS) is 22.5. The molecule has 1 aromatic rings. The van der Waals surface area contributed by atoms with Crippen LogP contribution in [0.1, 0.15) is 24.5 Å². The molecule has 1 saturated carbocycles. The Morgan fingerprint density at radius 3 is 2.76 bits per heavy atom. The van der Waals surface area contributed by atoms with Crippen molar-refractivity contribution in [1.82, 2.24) is 4.90 Å². The highest BCUT2D eigenvalue weighted by Crippen LogP contribution is 2.38. The second-order valence-electron chi connectivity index (χ2n) is 5.13. The molecule has 0 radical (unpaired) electrons. The number of hydrogen-bond acceptors (Lipinski definition) is 2. The zero-order valence-corrected chi connectivity index (χ0v) is 10.3. The minimum absolute atomic E-state index is 0.327. The summed E-state index contributed by atoms with van der Waals surface area (Å²) in [5.41, 5.74) is 1.27. The van der Waals surface area contributed by atoms with Gasteiger partial charge >= 0.3 is 0 Å². The fraction of sp³-hybridized carbons (Fsp3) is 0.500. The van der Waals surface area contributed by atoms with Gasteiger partial charge in [-0.05, 0) is 49.1 Å². The molecule has 0 bridgehead atoms. The highest BCUT2D eigenvalue weighted by molar-refractivity contribution is 5.33. The molecule has 0 N–H and O–H groups in total. The van der Waals surface area contributed by atoms with E-state index in [-0.39, 0.29) is 5.82 Å². The lowest BCUT2D eigenvalue weighted by atomic mass is 10.1. The Labute approximate surface area is 102 Å². The third kappa shape index (κ3) is 3.28. The van der Waals surface area contributed by atoms with Crippen molar-refractivity contribution >= 4 is 0 Å². The predicted octanol–water partition coefficient (Wildman–Crippen LogP) is 2.79. The molecule has 1 aliphatic rings. The third-order valence-corrected chi connectivity index (χ3v) is 3.36. The standard InChI is InChI=1S/C14H17FN2/c1-10-3-13(10)9-17(2)8-12-4-11(7-16)5-14(15)6-12/h4-6,10,13H,3,8-9H2,1-2H3. The minimum atomic E-state index is -0.327. The molecule has 0 amide bonds. The zero-order chi connectivity index (χ0) is 12.4. The van der Waals surface area contributed by atoms with Crippen LogP contribution in [0.15, 0.2) is 18.2 Å². The van der Waals surface area contributed by atoms with Crippen molar-refractivity contribution in [3.8, 4) is 6.07 Å². The average molecular weight is 232 g/mol. The van der Waals surface area contributed by atoms with Crippen molar-refractivity contribution in [3.63, 3.8) is 0 Å². The number of halogens is 1. The molecule has 0 aromatic heterocycles. The zero-order valence-electron chi connectivity index (χ0n) is 10.3. The van der Waals surface area contributed by atoms with Crippen molar-refractivity contribution in [1.29, 1.82) is 5.26 Å². The van der Waals surface area contributed by atoms with E-state index in [0.29, 0.717) is 12.1 Å². The van der Waals surface area contributed by atoms with Gasteiger partial charge in [0.05, 0.1) is 11.6 Å². The summed E-state index contributed by atoms with van der Waals surface area (Å²) < 4.78 is 13.2. The van der Waals surface area contributed by atoms with Gasteiger partial charge in [0.15, 0.2) is 0 Å². The van der Waals surface area contributed by atoms with Crippen LogP contribution in [0, 0.1) is 29.0 Å². The van der Waals surface area contributed by atoms with Crippen molar-refractivity contribution in [2.45, 2.75) is 19.9 Å². The summed E-state index contributed by atoms with van der Waals surface area (Å²) in [7, 11) is 2.04. The maximum absolute atomic E-state index is 13.2. The molecular weight excluding hydrogens is 215 g/mol. The fourth-order valence-corrected chi connectivity index (χ4v) is 2.24. The Hall–Kier alpha value is -1.40. The van der Waals surface area contributed by atoms with Crippen molar-refractivity contribution in [2.24, 2.45) is 11.8 Å². The predicted molar refractivity (Wildman–Crippen MR) is 64.7 cm³/mol. The largest absolute Gasteiger partial charge is 0.302 e. The van der Waals surface area contributed by atoms with Crippen LogP contribution in [-0.4, -0.2) is 18.5 Å². The second-order valence-corrected chi connectivity index (χ2v) is 5.13. The molecule has 1 aliphatic carbocycles. The molecule has 0 aliphatic heterocycles. The second kappa shape index (κ2) is 4.85. The monoisotopic (exact) mass is 232 g/mol. The van der Waals surface area contributed by atoms with Gasteiger partial charge in [-0.2, -0.15) is 5.26 Å². The van der Waals surface area contributed by atoms with E-state index in [9.17, 15) is 4.39 Å². The van der Waals surface area contributed by atoms with Crippen LogP contribution in [-0.2, 0) is 6.54 Å². The number of hydrogen-bond donors (Lipinski definition) is 0. The highest BCUT2D eigenvalue weighted by Gasteiger charge is 2.32. The number of benzene rings is 1. The number of nitriles is 1. The van der Waals surface area contributed by atoms with E-state index >= 15 is 0 Å². The van der Waals surface area contributed by atoms with Gasteiger partial charge in [0.2, 0.25) is 0 Å². The van der Waals surface area contributed by atoms with E-state index in [2.05, 4.69) is 11.8 Å². The van der Waals surface area contributed by atoms with E-state index in [1.54, 1.807) is 6.07 Å². The Morgan fingerprint density at radius 1 is 1.47 bits per heavy atom. The molecule has 0 saturated heterocycles. The van der Waals surface area contributed by atoms with Crippen LogP contribution in [0.3, 0.4) is 0 Å². The van der Waals surface area contributed by atoms with Gasteiger partial charge in [-0.3, -0.25) is 0 Å². The first kappa shape index (κ1) is 12.1. The highest BCUT2D eigenvalue weighted by atomic mass is 19.1. The Balaban J connectivity index is 1.98. The van der Waals surface area contributed by atoms with E-state index < -0.39 is 0 Å². The molecule has 2 rings (SSSR count). The molecule has 17 heavy (non-hydrogen) atoms. The van der Waals surface area contributed by atoms with Crippen LogP contribution >= 0.6 is 0 Å². The van der Waals surface area contributed by atoms with Gasteiger partial charge in [0.25, 0.3) is 0 Å². The van der Waals surface area contributed by atoms with E-state index in [0.717, 1.165) is 23.9 Å². The van der Waals surface area contributed by atoms with Gasteiger partial charge in [-0.25, -0.2) is 4.39 Å².